The van der Waals surface area contributed by atoms with E-state index in [0.717, 1.165) is 19.4 Å². The number of carbonyl (C=O) groups is 1. The van der Waals surface area contributed by atoms with Crippen LogP contribution in [0.5, 0.6) is 0 Å². The summed E-state index contributed by atoms with van der Waals surface area (Å²) in [6.07, 6.45) is 2.15. The van der Waals surface area contributed by atoms with Crippen LogP contribution >= 0.6 is 0 Å². The number of benzene rings is 1. The molecule has 2 N–H and O–H groups in total. The molecule has 0 aliphatic carbocycles. The minimum Gasteiger partial charge on any atom is -0.335 e. The van der Waals surface area contributed by atoms with E-state index in [-0.39, 0.29) is 17.9 Å². The van der Waals surface area contributed by atoms with E-state index in [4.69, 9.17) is 5.73 Å². The normalized spacial score (nSPS) is 21.1. The lowest BCUT2D eigenvalue weighted by Gasteiger charge is -2.27. The standard InChI is InChI=1S/C15H22N2O/c1-11-5-3-6-13(9-11)14-7-4-8-17(14)15(18)12(2)10-16/h3,5-6,9,12,14H,4,7-8,10,16H2,1-2H3. The molecule has 0 saturated carbocycles. The smallest absolute Gasteiger partial charge is 0.227 e. The molecule has 1 amide bonds. The van der Waals surface area contributed by atoms with Crippen molar-refractivity contribution in [2.24, 2.45) is 11.7 Å². The van der Waals surface area contributed by atoms with E-state index in [9.17, 15) is 4.79 Å². The first kappa shape index (κ1) is 13.1. The van der Waals surface area contributed by atoms with Gasteiger partial charge in [0.1, 0.15) is 0 Å². The van der Waals surface area contributed by atoms with Gasteiger partial charge in [-0.3, -0.25) is 4.79 Å². The zero-order chi connectivity index (χ0) is 13.1. The summed E-state index contributed by atoms with van der Waals surface area (Å²) >= 11 is 0. The molecule has 3 nitrogen and oxygen atoms in total. The van der Waals surface area contributed by atoms with Crippen LogP contribution in [0.15, 0.2) is 24.3 Å². The number of likely N-dealkylation sites (tertiary alicyclic amines) is 1. The summed E-state index contributed by atoms with van der Waals surface area (Å²) in [5, 5.41) is 0. The maximum atomic E-state index is 12.3. The topological polar surface area (TPSA) is 46.3 Å². The first-order valence-corrected chi connectivity index (χ1v) is 6.70. The average molecular weight is 246 g/mol. The molecule has 2 rings (SSSR count). The second-order valence-corrected chi connectivity index (χ2v) is 5.24. The lowest BCUT2D eigenvalue weighted by Crippen LogP contribution is -2.37. The molecule has 1 fully saturated rings. The van der Waals surface area contributed by atoms with Crippen molar-refractivity contribution in [1.29, 1.82) is 0 Å². The van der Waals surface area contributed by atoms with Crippen LogP contribution in [0.25, 0.3) is 0 Å². The van der Waals surface area contributed by atoms with Crippen molar-refractivity contribution in [2.45, 2.75) is 32.7 Å². The molecular weight excluding hydrogens is 224 g/mol. The second-order valence-electron chi connectivity index (χ2n) is 5.24. The van der Waals surface area contributed by atoms with Gasteiger partial charge < -0.3 is 10.6 Å². The summed E-state index contributed by atoms with van der Waals surface area (Å²) in [5.41, 5.74) is 8.10. The molecule has 0 spiro atoms. The molecule has 1 aliphatic rings. The van der Waals surface area contributed by atoms with E-state index in [1.165, 1.54) is 11.1 Å². The van der Waals surface area contributed by atoms with E-state index in [1.54, 1.807) is 0 Å². The van der Waals surface area contributed by atoms with Gasteiger partial charge in [-0.25, -0.2) is 0 Å². The first-order valence-electron chi connectivity index (χ1n) is 6.70. The van der Waals surface area contributed by atoms with Gasteiger partial charge in [-0.15, -0.1) is 0 Å². The minimum absolute atomic E-state index is 0.0737. The van der Waals surface area contributed by atoms with E-state index >= 15 is 0 Å². The largest absolute Gasteiger partial charge is 0.335 e. The van der Waals surface area contributed by atoms with Crippen LogP contribution in [-0.4, -0.2) is 23.9 Å². The van der Waals surface area contributed by atoms with Crippen LogP contribution in [0.1, 0.15) is 36.9 Å². The average Bonchev–Trinajstić information content (AvgIpc) is 2.86. The van der Waals surface area contributed by atoms with Crippen LogP contribution in [0.2, 0.25) is 0 Å². The Hall–Kier alpha value is -1.35. The van der Waals surface area contributed by atoms with Crippen LogP contribution in [0.3, 0.4) is 0 Å². The summed E-state index contributed by atoms with van der Waals surface area (Å²) in [6.45, 7) is 5.29. The maximum absolute atomic E-state index is 12.3. The Morgan fingerprint density at radius 2 is 2.33 bits per heavy atom. The third kappa shape index (κ3) is 2.56. The second kappa shape index (κ2) is 5.53. The van der Waals surface area contributed by atoms with Crippen LogP contribution in [-0.2, 0) is 4.79 Å². The third-order valence-corrected chi connectivity index (χ3v) is 3.74. The van der Waals surface area contributed by atoms with E-state index in [2.05, 4.69) is 31.2 Å². The molecular formula is C15H22N2O. The van der Waals surface area contributed by atoms with Gasteiger partial charge in [-0.2, -0.15) is 0 Å². The highest BCUT2D eigenvalue weighted by Crippen LogP contribution is 2.33. The van der Waals surface area contributed by atoms with Gasteiger partial charge in [-0.1, -0.05) is 36.8 Å². The van der Waals surface area contributed by atoms with Gasteiger partial charge in [0, 0.05) is 19.0 Å². The predicted molar refractivity (Wildman–Crippen MR) is 73.1 cm³/mol. The fourth-order valence-electron chi connectivity index (χ4n) is 2.64. The predicted octanol–water partition coefficient (Wildman–Crippen LogP) is 2.25. The number of aryl methyl sites for hydroxylation is 1. The van der Waals surface area contributed by atoms with Gasteiger partial charge in [0.15, 0.2) is 0 Å². The highest BCUT2D eigenvalue weighted by atomic mass is 16.2. The number of nitrogens with zero attached hydrogens (tertiary/aromatic N) is 1. The van der Waals surface area contributed by atoms with Crippen molar-refractivity contribution in [1.82, 2.24) is 4.90 Å². The molecule has 0 bridgehead atoms. The van der Waals surface area contributed by atoms with Crippen LogP contribution in [0.4, 0.5) is 0 Å². The molecule has 2 unspecified atom stereocenters. The number of rotatable bonds is 3. The van der Waals surface area contributed by atoms with Crippen LogP contribution < -0.4 is 5.73 Å². The van der Waals surface area contributed by atoms with E-state index in [1.807, 2.05) is 11.8 Å². The molecule has 1 saturated heterocycles. The van der Waals surface area contributed by atoms with Gasteiger partial charge >= 0.3 is 0 Å². The molecule has 0 aromatic heterocycles. The molecule has 1 heterocycles. The van der Waals surface area contributed by atoms with Crippen molar-refractivity contribution in [3.05, 3.63) is 35.4 Å². The van der Waals surface area contributed by atoms with Gasteiger partial charge in [-0.05, 0) is 25.3 Å². The SMILES string of the molecule is Cc1cccc(C2CCCN2C(=O)C(C)CN)c1. The highest BCUT2D eigenvalue weighted by Gasteiger charge is 2.31. The molecule has 3 heteroatoms. The van der Waals surface area contributed by atoms with Gasteiger partial charge in [0.05, 0.1) is 6.04 Å². The maximum Gasteiger partial charge on any atom is 0.227 e. The molecule has 18 heavy (non-hydrogen) atoms. The molecule has 2 atom stereocenters. The summed E-state index contributed by atoms with van der Waals surface area (Å²) in [7, 11) is 0. The number of carbonyl (C=O) groups excluding carboxylic acids is 1. The quantitative estimate of drug-likeness (QED) is 0.889. The zero-order valence-electron chi connectivity index (χ0n) is 11.2. The Balaban J connectivity index is 2.20. The zero-order valence-corrected chi connectivity index (χ0v) is 11.2. The molecule has 98 valence electrons. The van der Waals surface area contributed by atoms with Crippen LogP contribution in [0, 0.1) is 12.8 Å². The first-order chi connectivity index (χ1) is 8.63. The van der Waals surface area contributed by atoms with E-state index in [0.29, 0.717) is 6.54 Å². The Morgan fingerprint density at radius 1 is 1.56 bits per heavy atom. The molecule has 1 aromatic rings. The summed E-state index contributed by atoms with van der Waals surface area (Å²) in [6, 6.07) is 8.71. The van der Waals surface area contributed by atoms with Gasteiger partial charge in [0.25, 0.3) is 0 Å². The molecule has 1 aromatic carbocycles. The molecule has 1 aliphatic heterocycles. The fraction of sp³-hybridized carbons (Fsp3) is 0.533. The lowest BCUT2D eigenvalue weighted by molar-refractivity contribution is -0.135. The summed E-state index contributed by atoms with van der Waals surface area (Å²) in [4.78, 5) is 14.3. The number of hydrogen-bond donors (Lipinski definition) is 1. The Labute approximate surface area is 109 Å². The number of nitrogens with two attached hydrogens (primary N) is 1. The fourth-order valence-corrected chi connectivity index (χ4v) is 2.64. The Kier molecular flexibility index (Phi) is 4.02. The Bertz CT molecular complexity index is 430. The van der Waals surface area contributed by atoms with Gasteiger partial charge in [0.2, 0.25) is 5.91 Å². The monoisotopic (exact) mass is 246 g/mol. The van der Waals surface area contributed by atoms with E-state index < -0.39 is 0 Å². The lowest BCUT2D eigenvalue weighted by atomic mass is 10.0. The third-order valence-electron chi connectivity index (χ3n) is 3.74. The highest BCUT2D eigenvalue weighted by molar-refractivity contribution is 5.79. The van der Waals surface area contributed by atoms with Crippen molar-refractivity contribution in [3.8, 4) is 0 Å². The summed E-state index contributed by atoms with van der Waals surface area (Å²) < 4.78 is 0. The minimum atomic E-state index is -0.0737. The molecule has 0 radical (unpaired) electrons. The summed E-state index contributed by atoms with van der Waals surface area (Å²) in [5.74, 6) is 0.122. The Morgan fingerprint density at radius 3 is 3.00 bits per heavy atom. The van der Waals surface area contributed by atoms with Crippen molar-refractivity contribution < 1.29 is 4.79 Å². The van der Waals surface area contributed by atoms with Crippen molar-refractivity contribution >= 4 is 5.91 Å². The van der Waals surface area contributed by atoms with Crippen molar-refractivity contribution in [2.75, 3.05) is 13.1 Å². The van der Waals surface area contributed by atoms with Crippen molar-refractivity contribution in [3.63, 3.8) is 0 Å². The number of amides is 1. The number of hydrogen-bond acceptors (Lipinski definition) is 2.